The van der Waals surface area contributed by atoms with Gasteiger partial charge in [0.25, 0.3) is 0 Å². The lowest BCUT2D eigenvalue weighted by molar-refractivity contribution is 0.0698. The molecule has 4 nitrogen and oxygen atoms in total. The first-order valence-electron chi connectivity index (χ1n) is 5.14. The summed E-state index contributed by atoms with van der Waals surface area (Å²) in [4.78, 5) is 15.3. The Kier molecular flexibility index (Phi) is 2.97. The third kappa shape index (κ3) is 2.10. The minimum atomic E-state index is -1.07. The van der Waals surface area contributed by atoms with Gasteiger partial charge in [0, 0.05) is 0 Å². The number of nitrogens with zero attached hydrogens (tertiary/aromatic N) is 1. The molecule has 0 fully saturated rings. The fourth-order valence-electron chi connectivity index (χ4n) is 1.72. The Labute approximate surface area is 121 Å². The molecule has 0 aliphatic rings. The van der Waals surface area contributed by atoms with Crippen molar-refractivity contribution in [3.63, 3.8) is 0 Å². The van der Waals surface area contributed by atoms with E-state index in [2.05, 4.69) is 4.98 Å². The molecule has 7 heteroatoms. The van der Waals surface area contributed by atoms with Crippen LogP contribution in [0.3, 0.4) is 0 Å². The summed E-state index contributed by atoms with van der Waals surface area (Å²) in [6.45, 7) is 0. The minimum Gasteiger partial charge on any atom is -0.478 e. The largest absolute Gasteiger partial charge is 0.478 e. The number of carbonyl (C=O) groups is 1. The molecule has 0 saturated heterocycles. The lowest BCUT2D eigenvalue weighted by Crippen LogP contribution is -1.95. The summed E-state index contributed by atoms with van der Waals surface area (Å²) in [5.41, 5.74) is 1.31. The first-order valence-corrected chi connectivity index (χ1v) is 6.71. The molecule has 0 spiro atoms. The molecule has 0 aliphatic carbocycles. The Balaban J connectivity index is 2.25. The van der Waals surface area contributed by atoms with Crippen LogP contribution in [-0.4, -0.2) is 16.1 Å². The van der Waals surface area contributed by atoms with Gasteiger partial charge >= 0.3 is 5.97 Å². The van der Waals surface area contributed by atoms with E-state index in [1.165, 1.54) is 17.4 Å². The SMILES string of the molecule is O=C(O)c1cccc2nc(-c3cc(Cl)sc3Cl)oc12. The zero-order chi connectivity index (χ0) is 13.6. The molecule has 96 valence electrons. The Morgan fingerprint density at radius 1 is 1.37 bits per heavy atom. The predicted molar refractivity (Wildman–Crippen MR) is 74.3 cm³/mol. The summed E-state index contributed by atoms with van der Waals surface area (Å²) in [5, 5.41) is 9.09. The van der Waals surface area contributed by atoms with Crippen LogP contribution in [0, 0.1) is 0 Å². The van der Waals surface area contributed by atoms with E-state index in [0.29, 0.717) is 19.8 Å². The van der Waals surface area contributed by atoms with Gasteiger partial charge < -0.3 is 9.52 Å². The Bertz CT molecular complexity index is 793. The summed E-state index contributed by atoms with van der Waals surface area (Å²) in [7, 11) is 0. The maximum Gasteiger partial charge on any atom is 0.339 e. The van der Waals surface area contributed by atoms with Crippen LogP contribution in [0.1, 0.15) is 10.4 Å². The van der Waals surface area contributed by atoms with Crippen LogP contribution < -0.4 is 0 Å². The minimum absolute atomic E-state index is 0.0636. The number of benzene rings is 1. The smallest absolute Gasteiger partial charge is 0.339 e. The van der Waals surface area contributed by atoms with Crippen molar-refractivity contribution in [1.82, 2.24) is 4.98 Å². The average Bonchev–Trinajstić information content (AvgIpc) is 2.91. The number of halogens is 2. The molecule has 0 bridgehead atoms. The van der Waals surface area contributed by atoms with E-state index < -0.39 is 5.97 Å². The molecule has 0 aliphatic heterocycles. The summed E-state index contributed by atoms with van der Waals surface area (Å²) in [5.74, 6) is -0.806. The van der Waals surface area contributed by atoms with E-state index >= 15 is 0 Å². The van der Waals surface area contributed by atoms with E-state index in [0.717, 1.165) is 0 Å². The molecule has 3 rings (SSSR count). The number of hydrogen-bond donors (Lipinski definition) is 1. The van der Waals surface area contributed by atoms with Crippen LogP contribution >= 0.6 is 34.5 Å². The Morgan fingerprint density at radius 3 is 2.79 bits per heavy atom. The number of aromatic nitrogens is 1. The molecular weight excluding hydrogens is 309 g/mol. The van der Waals surface area contributed by atoms with Gasteiger partial charge in [-0.25, -0.2) is 9.78 Å². The average molecular weight is 314 g/mol. The summed E-state index contributed by atoms with van der Waals surface area (Å²) in [6, 6.07) is 6.39. The first-order chi connectivity index (χ1) is 9.06. The van der Waals surface area contributed by atoms with E-state index in [4.69, 9.17) is 32.7 Å². The number of aromatic carboxylic acids is 1. The number of hydrogen-bond acceptors (Lipinski definition) is 4. The quantitative estimate of drug-likeness (QED) is 0.753. The highest BCUT2D eigenvalue weighted by molar-refractivity contribution is 7.20. The number of oxazole rings is 1. The normalized spacial score (nSPS) is 11.1. The second kappa shape index (κ2) is 4.52. The van der Waals surface area contributed by atoms with Crippen molar-refractivity contribution in [2.24, 2.45) is 0 Å². The number of para-hydroxylation sites is 1. The number of rotatable bonds is 2. The van der Waals surface area contributed by atoms with Gasteiger partial charge in [-0.05, 0) is 18.2 Å². The molecule has 1 aromatic carbocycles. The van der Waals surface area contributed by atoms with Crippen LogP contribution in [0.2, 0.25) is 8.67 Å². The van der Waals surface area contributed by atoms with E-state index in [1.54, 1.807) is 18.2 Å². The Hall–Kier alpha value is -1.56. The lowest BCUT2D eigenvalue weighted by Gasteiger charge is -1.93. The molecule has 19 heavy (non-hydrogen) atoms. The van der Waals surface area contributed by atoms with Gasteiger partial charge in [0.2, 0.25) is 5.89 Å². The standard InChI is InChI=1S/C12H5Cl2NO3S/c13-8-4-6(10(14)19-8)11-15-7-3-1-2-5(12(16)17)9(7)18-11/h1-4H,(H,16,17). The van der Waals surface area contributed by atoms with Gasteiger partial charge in [-0.1, -0.05) is 29.3 Å². The van der Waals surface area contributed by atoms with Crippen molar-refractivity contribution >= 4 is 51.6 Å². The number of thiophene rings is 1. The molecule has 3 aromatic rings. The zero-order valence-electron chi connectivity index (χ0n) is 9.18. The third-order valence-corrected chi connectivity index (χ3v) is 4.02. The van der Waals surface area contributed by atoms with Gasteiger partial charge in [0.05, 0.1) is 9.90 Å². The highest BCUT2D eigenvalue weighted by Gasteiger charge is 2.18. The van der Waals surface area contributed by atoms with E-state index in [9.17, 15) is 4.79 Å². The zero-order valence-corrected chi connectivity index (χ0v) is 11.5. The second-order valence-electron chi connectivity index (χ2n) is 3.72. The topological polar surface area (TPSA) is 63.3 Å². The second-order valence-corrected chi connectivity index (χ2v) is 6.00. The first kappa shape index (κ1) is 12.5. The predicted octanol–water partition coefficient (Wildman–Crippen LogP) is 4.56. The Morgan fingerprint density at radius 2 is 2.16 bits per heavy atom. The van der Waals surface area contributed by atoms with Crippen molar-refractivity contribution in [3.05, 3.63) is 38.5 Å². The van der Waals surface area contributed by atoms with Crippen molar-refractivity contribution in [2.75, 3.05) is 0 Å². The lowest BCUT2D eigenvalue weighted by atomic mass is 10.2. The molecule has 2 heterocycles. The number of carboxylic acid groups (broad SMARTS) is 1. The fourth-order valence-corrected chi connectivity index (χ4v) is 3.17. The molecule has 0 atom stereocenters. The van der Waals surface area contributed by atoms with Crippen LogP contribution in [-0.2, 0) is 0 Å². The summed E-state index contributed by atoms with van der Waals surface area (Å²) in [6.07, 6.45) is 0. The summed E-state index contributed by atoms with van der Waals surface area (Å²) < 4.78 is 6.48. The molecule has 0 radical (unpaired) electrons. The monoisotopic (exact) mass is 313 g/mol. The molecular formula is C12H5Cl2NO3S. The van der Waals surface area contributed by atoms with Gasteiger partial charge in [-0.15, -0.1) is 11.3 Å². The van der Waals surface area contributed by atoms with Crippen molar-refractivity contribution in [3.8, 4) is 11.5 Å². The molecule has 1 N–H and O–H groups in total. The maximum absolute atomic E-state index is 11.1. The number of carboxylic acids is 1. The molecule has 0 saturated carbocycles. The number of fused-ring (bicyclic) bond motifs is 1. The highest BCUT2D eigenvalue weighted by atomic mass is 35.5. The fraction of sp³-hybridized carbons (Fsp3) is 0. The van der Waals surface area contributed by atoms with Gasteiger partial charge in [-0.3, -0.25) is 0 Å². The van der Waals surface area contributed by atoms with Crippen LogP contribution in [0.5, 0.6) is 0 Å². The van der Waals surface area contributed by atoms with Crippen LogP contribution in [0.25, 0.3) is 22.6 Å². The van der Waals surface area contributed by atoms with Gasteiger partial charge in [-0.2, -0.15) is 0 Å². The van der Waals surface area contributed by atoms with Crippen LogP contribution in [0.15, 0.2) is 28.7 Å². The highest BCUT2D eigenvalue weighted by Crippen LogP contribution is 2.39. The summed E-state index contributed by atoms with van der Waals surface area (Å²) >= 11 is 13.1. The van der Waals surface area contributed by atoms with Crippen molar-refractivity contribution in [1.29, 1.82) is 0 Å². The van der Waals surface area contributed by atoms with Crippen molar-refractivity contribution in [2.45, 2.75) is 0 Å². The maximum atomic E-state index is 11.1. The van der Waals surface area contributed by atoms with Gasteiger partial charge in [0.1, 0.15) is 15.4 Å². The molecule has 0 amide bonds. The van der Waals surface area contributed by atoms with Gasteiger partial charge in [0.15, 0.2) is 5.58 Å². The van der Waals surface area contributed by atoms with Crippen molar-refractivity contribution < 1.29 is 14.3 Å². The van der Waals surface area contributed by atoms with E-state index in [1.807, 2.05) is 0 Å². The van der Waals surface area contributed by atoms with Crippen LogP contribution in [0.4, 0.5) is 0 Å². The van der Waals surface area contributed by atoms with E-state index in [-0.39, 0.29) is 17.0 Å². The third-order valence-electron chi connectivity index (χ3n) is 2.53. The molecule has 0 unspecified atom stereocenters. The molecule has 2 aromatic heterocycles.